The Kier molecular flexibility index (Phi) is 5.67. The average Bonchev–Trinajstić information content (AvgIpc) is 2.12. The second-order valence-electron chi connectivity index (χ2n) is 6.24. The van der Waals surface area contributed by atoms with E-state index in [9.17, 15) is 5.11 Å². The second-order valence-corrected chi connectivity index (χ2v) is 11.1. The summed E-state index contributed by atoms with van der Waals surface area (Å²) in [6.07, 6.45) is 0.485. The molecule has 6 heteroatoms. The fraction of sp³-hybridized carbons (Fsp3) is 1.00. The number of hydrogen-bond acceptors (Lipinski definition) is 3. The number of azide groups is 1. The van der Waals surface area contributed by atoms with E-state index in [1.807, 2.05) is 0 Å². The summed E-state index contributed by atoms with van der Waals surface area (Å²) in [5.74, 6) is 0. The highest BCUT2D eigenvalue weighted by Crippen LogP contribution is 2.36. The van der Waals surface area contributed by atoms with Crippen LogP contribution in [0.4, 0.5) is 0 Å². The van der Waals surface area contributed by atoms with Crippen molar-refractivity contribution in [1.82, 2.24) is 0 Å². The third-order valence-electron chi connectivity index (χ3n) is 3.38. The molecule has 0 amide bonds. The molecule has 0 aliphatic carbocycles. The molecule has 0 aliphatic rings. The van der Waals surface area contributed by atoms with Gasteiger partial charge in [0.1, 0.15) is 0 Å². The summed E-state index contributed by atoms with van der Waals surface area (Å²) < 4.78 is 5.95. The van der Waals surface area contributed by atoms with Gasteiger partial charge in [0.15, 0.2) is 8.32 Å². The Balaban J connectivity index is 4.19. The van der Waals surface area contributed by atoms with Gasteiger partial charge in [0.05, 0.1) is 12.1 Å². The Morgan fingerprint density at radius 3 is 2.24 bits per heavy atom. The first kappa shape index (κ1) is 16.4. The highest BCUT2D eigenvalue weighted by atomic mass is 28.4. The monoisotopic (exact) mass is 259 g/mol. The van der Waals surface area contributed by atoms with Crippen LogP contribution in [0.3, 0.4) is 0 Å². The maximum absolute atomic E-state index is 9.92. The summed E-state index contributed by atoms with van der Waals surface area (Å²) in [5, 5.41) is 13.5. The van der Waals surface area contributed by atoms with E-state index >= 15 is 0 Å². The van der Waals surface area contributed by atoms with E-state index in [2.05, 4.69) is 43.9 Å². The van der Waals surface area contributed by atoms with E-state index in [0.717, 1.165) is 0 Å². The van der Waals surface area contributed by atoms with Crippen LogP contribution in [-0.2, 0) is 4.43 Å². The highest BCUT2D eigenvalue weighted by molar-refractivity contribution is 6.74. The normalized spacial score (nSPS) is 16.2. The van der Waals surface area contributed by atoms with Crippen LogP contribution in [0.2, 0.25) is 18.1 Å². The van der Waals surface area contributed by atoms with Crippen molar-refractivity contribution < 1.29 is 9.53 Å². The van der Waals surface area contributed by atoms with Crippen molar-refractivity contribution in [3.63, 3.8) is 0 Å². The molecule has 0 fully saturated rings. The van der Waals surface area contributed by atoms with Gasteiger partial charge in [0.2, 0.25) is 0 Å². The zero-order valence-corrected chi connectivity index (χ0v) is 12.8. The number of hydrogen-bond donors (Lipinski definition) is 1. The van der Waals surface area contributed by atoms with E-state index < -0.39 is 13.9 Å². The van der Waals surface area contributed by atoms with Crippen LogP contribution in [0.5, 0.6) is 0 Å². The Morgan fingerprint density at radius 1 is 1.29 bits per heavy atom. The van der Waals surface area contributed by atoms with E-state index in [1.54, 1.807) is 6.92 Å². The Bertz CT molecular complexity index is 292. The molecule has 0 aromatic heterocycles. The van der Waals surface area contributed by atoms with Gasteiger partial charge in [-0.1, -0.05) is 25.9 Å². The molecule has 1 N–H and O–H groups in total. The van der Waals surface area contributed by atoms with Crippen molar-refractivity contribution in [3.05, 3.63) is 10.4 Å². The number of aliphatic hydroxyl groups is 1. The fourth-order valence-corrected chi connectivity index (χ4v) is 2.05. The molecule has 0 aliphatic heterocycles. The summed E-state index contributed by atoms with van der Waals surface area (Å²) in [6.45, 7) is 13.1. The molecule has 0 saturated carbocycles. The molecule has 1 atom stereocenters. The first-order valence-corrected chi connectivity index (χ1v) is 8.80. The topological polar surface area (TPSA) is 78.2 Å². The van der Waals surface area contributed by atoms with Crippen molar-refractivity contribution in [2.24, 2.45) is 5.11 Å². The van der Waals surface area contributed by atoms with Crippen molar-refractivity contribution >= 4 is 8.32 Å². The fourth-order valence-electron chi connectivity index (χ4n) is 1.01. The molecule has 17 heavy (non-hydrogen) atoms. The minimum atomic E-state index is -1.75. The number of rotatable bonds is 6. The molecular formula is C11H25N3O2Si. The largest absolute Gasteiger partial charge is 0.417 e. The molecule has 0 aromatic carbocycles. The Morgan fingerprint density at radius 2 is 1.82 bits per heavy atom. The summed E-state index contributed by atoms with van der Waals surface area (Å²) in [6, 6.07) is 0. The lowest BCUT2D eigenvalue weighted by Crippen LogP contribution is -2.42. The average molecular weight is 259 g/mol. The molecule has 0 bridgehead atoms. The molecule has 100 valence electrons. The minimum absolute atomic E-state index is 0.0877. The van der Waals surface area contributed by atoms with Crippen LogP contribution in [-0.4, -0.2) is 32.2 Å². The highest BCUT2D eigenvalue weighted by Gasteiger charge is 2.37. The van der Waals surface area contributed by atoms with Gasteiger partial charge in [-0.2, -0.15) is 0 Å². The second kappa shape index (κ2) is 5.86. The van der Waals surface area contributed by atoms with Gasteiger partial charge in [0.25, 0.3) is 0 Å². The van der Waals surface area contributed by atoms with Crippen molar-refractivity contribution in [1.29, 1.82) is 0 Å². The lowest BCUT2D eigenvalue weighted by atomic mass is 10.0. The molecule has 0 unspecified atom stereocenters. The third-order valence-corrected chi connectivity index (χ3v) is 7.92. The van der Waals surface area contributed by atoms with E-state index in [4.69, 9.17) is 9.96 Å². The molecule has 0 aromatic rings. The van der Waals surface area contributed by atoms with Gasteiger partial charge in [-0.3, -0.25) is 0 Å². The first-order valence-electron chi connectivity index (χ1n) is 5.89. The van der Waals surface area contributed by atoms with Crippen LogP contribution in [0, 0.1) is 0 Å². The van der Waals surface area contributed by atoms with Crippen molar-refractivity contribution in [2.45, 2.75) is 57.8 Å². The molecule has 0 rings (SSSR count). The first-order chi connectivity index (χ1) is 7.52. The van der Waals surface area contributed by atoms with Crippen LogP contribution in [0.25, 0.3) is 10.4 Å². The molecule has 0 heterocycles. The summed E-state index contributed by atoms with van der Waals surface area (Å²) >= 11 is 0. The van der Waals surface area contributed by atoms with Gasteiger partial charge < -0.3 is 9.53 Å². The standard InChI is InChI=1S/C11H25N3O2Si/c1-10(2,3)17(5,6)16-8-7-11(4,15)9-13-14-12/h15H,7-9H2,1-6H3/t11-/m0/s1. The van der Waals surface area contributed by atoms with Crippen LogP contribution < -0.4 is 0 Å². The van der Waals surface area contributed by atoms with E-state index in [1.165, 1.54) is 0 Å². The molecule has 0 radical (unpaired) electrons. The third kappa shape index (κ3) is 6.07. The predicted octanol–water partition coefficient (Wildman–Crippen LogP) is 3.46. The summed E-state index contributed by atoms with van der Waals surface area (Å²) in [4.78, 5) is 2.65. The lowest BCUT2D eigenvalue weighted by molar-refractivity contribution is 0.0435. The van der Waals surface area contributed by atoms with Crippen molar-refractivity contribution in [3.8, 4) is 0 Å². The Labute approximate surface area is 105 Å². The van der Waals surface area contributed by atoms with Gasteiger partial charge >= 0.3 is 0 Å². The zero-order valence-electron chi connectivity index (χ0n) is 11.8. The zero-order chi connectivity index (χ0) is 13.7. The van der Waals surface area contributed by atoms with E-state index in [-0.39, 0.29) is 11.6 Å². The summed E-state index contributed by atoms with van der Waals surface area (Å²) in [5.41, 5.74) is 7.24. The van der Waals surface area contributed by atoms with Crippen LogP contribution in [0.1, 0.15) is 34.1 Å². The smallest absolute Gasteiger partial charge is 0.191 e. The van der Waals surface area contributed by atoms with Crippen molar-refractivity contribution in [2.75, 3.05) is 13.2 Å². The van der Waals surface area contributed by atoms with Gasteiger partial charge in [-0.25, -0.2) is 0 Å². The maximum Gasteiger partial charge on any atom is 0.191 e. The molecular weight excluding hydrogens is 234 g/mol. The lowest BCUT2D eigenvalue weighted by Gasteiger charge is -2.37. The molecule has 0 spiro atoms. The van der Waals surface area contributed by atoms with Gasteiger partial charge in [-0.15, -0.1) is 0 Å². The molecule has 5 nitrogen and oxygen atoms in total. The molecule has 0 saturated heterocycles. The number of nitrogens with zero attached hydrogens (tertiary/aromatic N) is 3. The van der Waals surface area contributed by atoms with E-state index in [0.29, 0.717) is 13.0 Å². The SMILES string of the molecule is CC(C)(C)[Si](C)(C)OCC[C@](C)(O)CN=[N+]=[N-]. The van der Waals surface area contributed by atoms with Crippen LogP contribution in [0.15, 0.2) is 5.11 Å². The summed E-state index contributed by atoms with van der Waals surface area (Å²) in [7, 11) is -1.75. The van der Waals surface area contributed by atoms with Gasteiger partial charge in [0, 0.05) is 11.5 Å². The maximum atomic E-state index is 9.92. The predicted molar refractivity (Wildman–Crippen MR) is 72.4 cm³/mol. The van der Waals surface area contributed by atoms with Gasteiger partial charge in [-0.05, 0) is 37.0 Å². The van der Waals surface area contributed by atoms with Crippen LogP contribution >= 0.6 is 0 Å². The quantitative estimate of drug-likeness (QED) is 0.343. The Hall–Kier alpha value is -0.553. The minimum Gasteiger partial charge on any atom is -0.417 e.